The number of hydrogen-bond acceptors (Lipinski definition) is 6. The van der Waals surface area contributed by atoms with Crippen molar-refractivity contribution >= 4 is 34.6 Å². The number of nitrogens with one attached hydrogen (secondary N) is 2. The normalized spacial score (nSPS) is 10.5. The summed E-state index contributed by atoms with van der Waals surface area (Å²) in [6, 6.07) is 13.4. The third kappa shape index (κ3) is 4.15. The lowest BCUT2D eigenvalue weighted by atomic mass is 10.2. The topological polar surface area (TPSA) is 102 Å². The quantitative estimate of drug-likeness (QED) is 0.503. The van der Waals surface area contributed by atoms with E-state index in [1.165, 1.54) is 11.6 Å². The average molecular weight is 398 g/mol. The van der Waals surface area contributed by atoms with Crippen LogP contribution in [0.4, 0.5) is 4.79 Å². The molecule has 0 atom stereocenters. The lowest BCUT2D eigenvalue weighted by Gasteiger charge is -2.14. The minimum atomic E-state index is -0.595. The molecule has 0 aliphatic heterocycles. The minimum absolute atomic E-state index is 0.0812. The van der Waals surface area contributed by atoms with Crippen LogP contribution in [0.5, 0.6) is 5.75 Å². The number of carbonyl (C=O) groups is 2. The molecule has 3 rings (SSSR count). The van der Waals surface area contributed by atoms with Crippen molar-refractivity contribution in [3.05, 3.63) is 58.9 Å². The molecule has 2 N–H and O–H groups in total. The van der Waals surface area contributed by atoms with E-state index in [2.05, 4.69) is 15.6 Å². The number of methoxy groups -OCH3 is 1. The smallest absolute Gasteiger partial charge is 0.321 e. The highest BCUT2D eigenvalue weighted by Crippen LogP contribution is 2.23. The summed E-state index contributed by atoms with van der Waals surface area (Å²) in [6.07, 6.45) is 0. The Hall–Kier alpha value is -3.33. The molecule has 0 spiro atoms. The van der Waals surface area contributed by atoms with Crippen LogP contribution < -0.4 is 20.9 Å². The van der Waals surface area contributed by atoms with Gasteiger partial charge in [0.1, 0.15) is 5.75 Å². The van der Waals surface area contributed by atoms with E-state index in [9.17, 15) is 14.4 Å². The molecule has 0 radical (unpaired) electrons. The third-order valence-corrected chi connectivity index (χ3v) is 4.81. The van der Waals surface area contributed by atoms with Crippen LogP contribution in [0.3, 0.4) is 0 Å². The van der Waals surface area contributed by atoms with Crippen molar-refractivity contribution in [2.24, 2.45) is 0 Å². The van der Waals surface area contributed by atoms with E-state index in [4.69, 9.17) is 4.74 Å². The lowest BCUT2D eigenvalue weighted by Crippen LogP contribution is -2.38. The molecule has 0 saturated carbocycles. The molecule has 0 unspecified atom stereocenters. The number of ether oxygens (including phenoxy) is 1. The predicted molar refractivity (Wildman–Crippen MR) is 107 cm³/mol. The first kappa shape index (κ1) is 19.4. The molecule has 0 fully saturated rings. The van der Waals surface area contributed by atoms with Gasteiger partial charge in [0.15, 0.2) is 5.16 Å². The molecule has 3 aromatic rings. The number of rotatable bonds is 5. The summed E-state index contributed by atoms with van der Waals surface area (Å²) in [6.45, 7) is 0. The van der Waals surface area contributed by atoms with Gasteiger partial charge in [-0.15, -0.1) is 0 Å². The maximum atomic E-state index is 13.1. The Labute approximate surface area is 164 Å². The number of urea groups is 1. The van der Waals surface area contributed by atoms with E-state index in [1.54, 1.807) is 55.6 Å². The van der Waals surface area contributed by atoms with Crippen molar-refractivity contribution in [1.29, 1.82) is 0 Å². The van der Waals surface area contributed by atoms with Gasteiger partial charge in [0.2, 0.25) is 5.91 Å². The Bertz CT molecular complexity index is 1100. The van der Waals surface area contributed by atoms with Crippen molar-refractivity contribution in [3.63, 3.8) is 0 Å². The average Bonchev–Trinajstić information content (AvgIpc) is 2.72. The van der Waals surface area contributed by atoms with Gasteiger partial charge in [0, 0.05) is 13.1 Å². The molecule has 144 valence electrons. The Balaban J connectivity index is 2.05. The molecule has 2 aromatic carbocycles. The monoisotopic (exact) mass is 398 g/mol. The van der Waals surface area contributed by atoms with E-state index in [-0.39, 0.29) is 11.3 Å². The molecule has 3 amide bonds. The van der Waals surface area contributed by atoms with Crippen molar-refractivity contribution in [3.8, 4) is 11.4 Å². The van der Waals surface area contributed by atoms with Crippen LogP contribution >= 0.6 is 11.8 Å². The van der Waals surface area contributed by atoms with Crippen molar-refractivity contribution in [2.75, 3.05) is 19.9 Å². The molecule has 0 aliphatic carbocycles. The van der Waals surface area contributed by atoms with Crippen LogP contribution in [0.2, 0.25) is 0 Å². The van der Waals surface area contributed by atoms with Crippen LogP contribution in [0, 0.1) is 0 Å². The number of thioether (sulfide) groups is 1. The van der Waals surface area contributed by atoms with E-state index in [0.29, 0.717) is 27.5 Å². The number of imide groups is 1. The molecule has 0 aliphatic rings. The predicted octanol–water partition coefficient (Wildman–Crippen LogP) is 1.94. The number of aromatic nitrogens is 2. The first-order valence-corrected chi connectivity index (χ1v) is 9.32. The van der Waals surface area contributed by atoms with Crippen LogP contribution in [0.25, 0.3) is 16.6 Å². The standard InChI is InChI=1S/C19H18N4O4S/c1-20-18(26)22-16(24)11-28-19-21-15-9-4-3-8-14(15)17(25)23(19)12-6-5-7-13(10-12)27-2/h3-10H,11H2,1-2H3,(H2,20,22,24,26). The van der Waals surface area contributed by atoms with Gasteiger partial charge in [-0.3, -0.25) is 19.5 Å². The Morgan fingerprint density at radius 3 is 2.71 bits per heavy atom. The summed E-state index contributed by atoms with van der Waals surface area (Å²) in [5.74, 6) is 0.0112. The van der Waals surface area contributed by atoms with Crippen LogP contribution in [-0.2, 0) is 4.79 Å². The number of benzene rings is 2. The zero-order valence-electron chi connectivity index (χ0n) is 15.3. The fourth-order valence-electron chi connectivity index (χ4n) is 2.54. The molecule has 1 heterocycles. The van der Waals surface area contributed by atoms with E-state index >= 15 is 0 Å². The van der Waals surface area contributed by atoms with Crippen LogP contribution in [-0.4, -0.2) is 41.4 Å². The molecule has 1 aromatic heterocycles. The summed E-state index contributed by atoms with van der Waals surface area (Å²) in [7, 11) is 2.96. The minimum Gasteiger partial charge on any atom is -0.497 e. The van der Waals surface area contributed by atoms with Gasteiger partial charge in [0.25, 0.3) is 5.56 Å². The highest BCUT2D eigenvalue weighted by Gasteiger charge is 2.16. The van der Waals surface area contributed by atoms with Gasteiger partial charge in [-0.2, -0.15) is 0 Å². The third-order valence-electron chi connectivity index (χ3n) is 3.87. The number of nitrogens with zero attached hydrogens (tertiary/aromatic N) is 2. The van der Waals surface area contributed by atoms with Gasteiger partial charge in [-0.05, 0) is 24.3 Å². The van der Waals surface area contributed by atoms with Gasteiger partial charge in [-0.25, -0.2) is 9.78 Å². The fourth-order valence-corrected chi connectivity index (χ4v) is 3.35. The summed E-state index contributed by atoms with van der Waals surface area (Å²) in [5.41, 5.74) is 0.839. The molecule has 0 saturated heterocycles. The van der Waals surface area contributed by atoms with Crippen LogP contribution in [0.15, 0.2) is 58.5 Å². The molecular formula is C19H18N4O4S. The SMILES string of the molecule is CNC(=O)NC(=O)CSc1nc2ccccc2c(=O)n1-c1cccc(OC)c1. The molecule has 8 nitrogen and oxygen atoms in total. The fraction of sp³-hybridized carbons (Fsp3) is 0.158. The number of para-hydroxylation sites is 1. The molecule has 9 heteroatoms. The molecule has 0 bridgehead atoms. The van der Waals surface area contributed by atoms with E-state index in [1.807, 2.05) is 0 Å². The summed E-state index contributed by atoms with van der Waals surface area (Å²) in [5, 5.41) is 5.30. The summed E-state index contributed by atoms with van der Waals surface area (Å²) >= 11 is 1.06. The van der Waals surface area contributed by atoms with Gasteiger partial charge < -0.3 is 10.1 Å². The molecular weight excluding hydrogens is 380 g/mol. The lowest BCUT2D eigenvalue weighted by molar-refractivity contribution is -0.117. The van der Waals surface area contributed by atoms with Crippen LogP contribution in [0.1, 0.15) is 0 Å². The second-order valence-corrected chi connectivity index (χ2v) is 6.61. The summed E-state index contributed by atoms with van der Waals surface area (Å²) in [4.78, 5) is 40.9. The maximum Gasteiger partial charge on any atom is 0.321 e. The maximum absolute atomic E-state index is 13.1. The van der Waals surface area contributed by atoms with Gasteiger partial charge in [-0.1, -0.05) is 30.0 Å². The first-order chi connectivity index (χ1) is 13.5. The largest absolute Gasteiger partial charge is 0.497 e. The molecule has 28 heavy (non-hydrogen) atoms. The number of fused-ring (bicyclic) bond motifs is 1. The number of amides is 3. The summed E-state index contributed by atoms with van der Waals surface area (Å²) < 4.78 is 6.68. The highest BCUT2D eigenvalue weighted by molar-refractivity contribution is 7.99. The van der Waals surface area contributed by atoms with E-state index < -0.39 is 11.9 Å². The Kier molecular flexibility index (Phi) is 5.95. The highest BCUT2D eigenvalue weighted by atomic mass is 32.2. The number of carbonyl (C=O) groups excluding carboxylic acids is 2. The van der Waals surface area contributed by atoms with Crippen molar-refractivity contribution in [2.45, 2.75) is 5.16 Å². The first-order valence-electron chi connectivity index (χ1n) is 8.34. The second-order valence-electron chi connectivity index (χ2n) is 5.67. The Morgan fingerprint density at radius 2 is 1.96 bits per heavy atom. The number of hydrogen-bond donors (Lipinski definition) is 2. The zero-order valence-corrected chi connectivity index (χ0v) is 16.1. The van der Waals surface area contributed by atoms with Crippen molar-refractivity contribution in [1.82, 2.24) is 20.2 Å². The van der Waals surface area contributed by atoms with Gasteiger partial charge in [0.05, 0.1) is 29.5 Å². The Morgan fingerprint density at radius 1 is 1.18 bits per heavy atom. The second kappa shape index (κ2) is 8.57. The van der Waals surface area contributed by atoms with E-state index in [0.717, 1.165) is 11.8 Å². The van der Waals surface area contributed by atoms with Crippen molar-refractivity contribution < 1.29 is 14.3 Å². The van der Waals surface area contributed by atoms with Gasteiger partial charge >= 0.3 is 6.03 Å². The zero-order chi connectivity index (χ0) is 20.1.